The topological polar surface area (TPSA) is 100 Å². The Hall–Kier alpha value is -4.33. The summed E-state index contributed by atoms with van der Waals surface area (Å²) < 4.78 is 13.8. The normalized spacial score (nSPS) is 12.9. The molecule has 4 rings (SSSR count). The molecule has 33 heavy (non-hydrogen) atoms. The van der Waals surface area contributed by atoms with Crippen LogP contribution in [0.4, 0.5) is 15.8 Å². The molecule has 0 spiro atoms. The second-order valence-electron chi connectivity index (χ2n) is 7.55. The first-order valence-corrected chi connectivity index (χ1v) is 10.4. The predicted octanol–water partition coefficient (Wildman–Crippen LogP) is 4.02. The van der Waals surface area contributed by atoms with Crippen LogP contribution in [-0.4, -0.2) is 28.7 Å². The minimum atomic E-state index is -0.565. The summed E-state index contributed by atoms with van der Waals surface area (Å²) in [5.74, 6) is -1.68. The van der Waals surface area contributed by atoms with Gasteiger partial charge in [-0.25, -0.2) is 4.39 Å². The third-order valence-electron chi connectivity index (χ3n) is 4.90. The van der Waals surface area contributed by atoms with Crippen LogP contribution in [0.25, 0.3) is 6.08 Å². The molecule has 0 saturated heterocycles. The molecular weight excluding hydrogens is 423 g/mol. The van der Waals surface area contributed by atoms with Gasteiger partial charge in [-0.05, 0) is 66.9 Å². The highest BCUT2D eigenvalue weighted by Gasteiger charge is 2.23. The highest BCUT2D eigenvalue weighted by molar-refractivity contribution is 6.08. The molecule has 0 unspecified atom stereocenters. The van der Waals surface area contributed by atoms with Gasteiger partial charge in [0.15, 0.2) is 0 Å². The van der Waals surface area contributed by atoms with Crippen LogP contribution in [0.2, 0.25) is 0 Å². The Bertz CT molecular complexity index is 1210. The standard InChI is InChI=1S/C25H21FN4O3/c26-18-9-12-20(30-25(33)21-3-1-2-14-27-21)22(15-18)29-23(31)13-6-16-4-7-17(8-5-16)24(32)28-19-10-11-19/h1-9,12-15,19H,10-11H2,(H,28,32)(H,29,31)(H,30,33). The van der Waals surface area contributed by atoms with E-state index in [4.69, 9.17) is 0 Å². The number of amides is 3. The number of anilines is 2. The van der Waals surface area contributed by atoms with Crippen LogP contribution in [0.3, 0.4) is 0 Å². The van der Waals surface area contributed by atoms with Gasteiger partial charge in [-0.15, -0.1) is 0 Å². The molecule has 3 aromatic rings. The first-order valence-electron chi connectivity index (χ1n) is 10.4. The second kappa shape index (κ2) is 9.86. The quantitative estimate of drug-likeness (QED) is 0.479. The summed E-state index contributed by atoms with van der Waals surface area (Å²) in [6, 6.07) is 15.7. The zero-order chi connectivity index (χ0) is 23.2. The Kier molecular flexibility index (Phi) is 6.54. The summed E-state index contributed by atoms with van der Waals surface area (Å²) in [6.45, 7) is 0. The molecule has 2 aromatic carbocycles. The number of hydrogen-bond acceptors (Lipinski definition) is 4. The molecule has 0 radical (unpaired) electrons. The van der Waals surface area contributed by atoms with Crippen molar-refractivity contribution in [1.29, 1.82) is 0 Å². The summed E-state index contributed by atoms with van der Waals surface area (Å²) in [5.41, 5.74) is 1.81. The van der Waals surface area contributed by atoms with E-state index in [-0.39, 0.29) is 29.0 Å². The summed E-state index contributed by atoms with van der Waals surface area (Å²) in [7, 11) is 0. The largest absolute Gasteiger partial charge is 0.349 e. The molecule has 3 N–H and O–H groups in total. The molecular formula is C25H21FN4O3. The minimum absolute atomic E-state index is 0.112. The summed E-state index contributed by atoms with van der Waals surface area (Å²) >= 11 is 0. The number of halogens is 1. The van der Waals surface area contributed by atoms with Crippen molar-refractivity contribution in [2.45, 2.75) is 18.9 Å². The zero-order valence-electron chi connectivity index (χ0n) is 17.5. The van der Waals surface area contributed by atoms with Crippen LogP contribution in [0.15, 0.2) is 72.9 Å². The van der Waals surface area contributed by atoms with Crippen molar-refractivity contribution in [2.24, 2.45) is 0 Å². The van der Waals surface area contributed by atoms with Crippen molar-refractivity contribution in [1.82, 2.24) is 10.3 Å². The SMILES string of the molecule is O=C(C=Cc1ccc(C(=O)NC2CC2)cc1)Nc1cc(F)ccc1NC(=O)c1ccccn1. The molecule has 1 aliphatic carbocycles. The van der Waals surface area contributed by atoms with Crippen LogP contribution in [0.5, 0.6) is 0 Å². The van der Waals surface area contributed by atoms with Crippen LogP contribution in [-0.2, 0) is 4.79 Å². The van der Waals surface area contributed by atoms with Crippen molar-refractivity contribution in [3.63, 3.8) is 0 Å². The number of benzene rings is 2. The summed E-state index contributed by atoms with van der Waals surface area (Å²) in [4.78, 5) is 40.8. The predicted molar refractivity (Wildman–Crippen MR) is 123 cm³/mol. The van der Waals surface area contributed by atoms with E-state index in [0.29, 0.717) is 5.56 Å². The van der Waals surface area contributed by atoms with Gasteiger partial charge in [-0.2, -0.15) is 0 Å². The van der Waals surface area contributed by atoms with Gasteiger partial charge >= 0.3 is 0 Å². The highest BCUT2D eigenvalue weighted by Crippen LogP contribution is 2.24. The van der Waals surface area contributed by atoms with E-state index in [1.165, 1.54) is 24.4 Å². The molecule has 7 nitrogen and oxygen atoms in total. The number of hydrogen-bond donors (Lipinski definition) is 3. The molecule has 1 aliphatic rings. The number of carbonyl (C=O) groups excluding carboxylic acids is 3. The van der Waals surface area contributed by atoms with E-state index < -0.39 is 17.6 Å². The molecule has 1 aromatic heterocycles. The van der Waals surface area contributed by atoms with Gasteiger partial charge in [0, 0.05) is 23.9 Å². The molecule has 1 heterocycles. The average Bonchev–Trinajstić information content (AvgIpc) is 3.64. The number of rotatable bonds is 7. The van der Waals surface area contributed by atoms with Gasteiger partial charge in [0.2, 0.25) is 5.91 Å². The van der Waals surface area contributed by atoms with E-state index >= 15 is 0 Å². The van der Waals surface area contributed by atoms with Crippen LogP contribution in [0.1, 0.15) is 39.3 Å². The minimum Gasteiger partial charge on any atom is -0.349 e. The first kappa shape index (κ1) is 21.9. The van der Waals surface area contributed by atoms with Gasteiger partial charge in [0.05, 0.1) is 11.4 Å². The lowest BCUT2D eigenvalue weighted by Crippen LogP contribution is -2.25. The second-order valence-corrected chi connectivity index (χ2v) is 7.55. The Morgan fingerprint density at radius 1 is 0.909 bits per heavy atom. The fraction of sp³-hybridized carbons (Fsp3) is 0.120. The number of carbonyl (C=O) groups is 3. The molecule has 0 aliphatic heterocycles. The lowest BCUT2D eigenvalue weighted by Gasteiger charge is -2.11. The zero-order valence-corrected chi connectivity index (χ0v) is 17.5. The Balaban J connectivity index is 1.40. The van der Waals surface area contributed by atoms with Crippen molar-refractivity contribution >= 4 is 35.2 Å². The van der Waals surface area contributed by atoms with Gasteiger partial charge in [-0.3, -0.25) is 19.4 Å². The Morgan fingerprint density at radius 2 is 1.70 bits per heavy atom. The third kappa shape index (κ3) is 6.10. The average molecular weight is 444 g/mol. The van der Waals surface area contributed by atoms with Crippen molar-refractivity contribution in [2.75, 3.05) is 10.6 Å². The number of nitrogens with zero attached hydrogens (tertiary/aromatic N) is 1. The molecule has 1 saturated carbocycles. The fourth-order valence-electron chi connectivity index (χ4n) is 3.00. The van der Waals surface area contributed by atoms with Crippen LogP contribution < -0.4 is 16.0 Å². The van der Waals surface area contributed by atoms with Crippen LogP contribution >= 0.6 is 0 Å². The van der Waals surface area contributed by atoms with Gasteiger partial charge in [0.1, 0.15) is 11.5 Å². The molecule has 8 heteroatoms. The molecule has 166 valence electrons. The lowest BCUT2D eigenvalue weighted by atomic mass is 10.1. The monoisotopic (exact) mass is 444 g/mol. The molecule has 3 amide bonds. The van der Waals surface area contributed by atoms with E-state index in [9.17, 15) is 18.8 Å². The Morgan fingerprint density at radius 3 is 2.39 bits per heavy atom. The smallest absolute Gasteiger partial charge is 0.274 e. The van der Waals surface area contributed by atoms with Crippen LogP contribution in [0, 0.1) is 5.82 Å². The maximum absolute atomic E-state index is 13.8. The van der Waals surface area contributed by atoms with Crippen molar-refractivity contribution in [3.8, 4) is 0 Å². The van der Waals surface area contributed by atoms with Gasteiger partial charge in [0.25, 0.3) is 11.8 Å². The summed E-state index contributed by atoms with van der Waals surface area (Å²) in [6.07, 6.45) is 6.38. The van der Waals surface area contributed by atoms with Crippen molar-refractivity contribution in [3.05, 3.63) is 95.6 Å². The first-order chi connectivity index (χ1) is 16.0. The van der Waals surface area contributed by atoms with E-state index in [2.05, 4.69) is 20.9 Å². The maximum atomic E-state index is 13.8. The maximum Gasteiger partial charge on any atom is 0.274 e. The molecule has 1 fully saturated rings. The fourth-order valence-corrected chi connectivity index (χ4v) is 3.00. The number of pyridine rings is 1. The molecule has 0 bridgehead atoms. The molecule has 0 atom stereocenters. The van der Waals surface area contributed by atoms with Gasteiger partial charge < -0.3 is 16.0 Å². The van der Waals surface area contributed by atoms with E-state index in [1.54, 1.807) is 48.5 Å². The van der Waals surface area contributed by atoms with Crippen molar-refractivity contribution < 1.29 is 18.8 Å². The van der Waals surface area contributed by atoms with E-state index in [0.717, 1.165) is 24.5 Å². The van der Waals surface area contributed by atoms with E-state index in [1.807, 2.05) is 0 Å². The number of nitrogens with one attached hydrogen (secondary N) is 3. The Labute approximate surface area is 189 Å². The lowest BCUT2D eigenvalue weighted by molar-refractivity contribution is -0.111. The van der Waals surface area contributed by atoms with Gasteiger partial charge in [-0.1, -0.05) is 18.2 Å². The third-order valence-corrected chi connectivity index (χ3v) is 4.90. The number of aromatic nitrogens is 1. The highest BCUT2D eigenvalue weighted by atomic mass is 19.1. The summed E-state index contributed by atoms with van der Waals surface area (Å²) in [5, 5.41) is 8.11.